The van der Waals surface area contributed by atoms with E-state index < -0.39 is 0 Å². The van der Waals surface area contributed by atoms with Crippen LogP contribution in [0.2, 0.25) is 0 Å². The number of aromatic nitrogens is 1. The monoisotopic (exact) mass is 250 g/mol. The number of hydrogen-bond donors (Lipinski definition) is 1. The molecule has 19 heavy (non-hydrogen) atoms. The number of hydrogen-bond acceptors (Lipinski definition) is 1. The number of para-hydroxylation sites is 1. The summed E-state index contributed by atoms with van der Waals surface area (Å²) in [5.41, 5.74) is 12.0. The molecule has 0 fully saturated rings. The van der Waals surface area contributed by atoms with Gasteiger partial charge in [0.2, 0.25) is 0 Å². The molecule has 2 heteroatoms. The van der Waals surface area contributed by atoms with Crippen molar-refractivity contribution in [2.24, 2.45) is 0 Å². The van der Waals surface area contributed by atoms with Crippen LogP contribution in [0.3, 0.4) is 0 Å². The number of anilines is 1. The molecular weight excluding hydrogens is 232 g/mol. The minimum Gasteiger partial charge on any atom is -0.397 e. The Morgan fingerprint density at radius 2 is 1.89 bits per heavy atom. The fourth-order valence-electron chi connectivity index (χ4n) is 2.58. The van der Waals surface area contributed by atoms with Gasteiger partial charge in [0, 0.05) is 18.1 Å². The Kier molecular flexibility index (Phi) is 2.79. The van der Waals surface area contributed by atoms with Crippen LogP contribution in [0.1, 0.15) is 16.7 Å². The van der Waals surface area contributed by atoms with Crippen molar-refractivity contribution in [3.63, 3.8) is 0 Å². The van der Waals surface area contributed by atoms with Crippen LogP contribution in [0.4, 0.5) is 5.69 Å². The van der Waals surface area contributed by atoms with Crippen LogP contribution in [0.15, 0.2) is 48.7 Å². The Hall–Kier alpha value is -2.22. The highest BCUT2D eigenvalue weighted by molar-refractivity contribution is 5.90. The van der Waals surface area contributed by atoms with Gasteiger partial charge in [0.05, 0.1) is 11.2 Å². The summed E-state index contributed by atoms with van der Waals surface area (Å²) >= 11 is 0. The van der Waals surface area contributed by atoms with Crippen molar-refractivity contribution in [2.45, 2.75) is 20.4 Å². The average molecular weight is 250 g/mol. The van der Waals surface area contributed by atoms with Crippen LogP contribution in [0.25, 0.3) is 10.9 Å². The molecule has 1 aromatic heterocycles. The van der Waals surface area contributed by atoms with E-state index in [0.717, 1.165) is 17.7 Å². The molecule has 0 aliphatic rings. The van der Waals surface area contributed by atoms with Gasteiger partial charge in [0.25, 0.3) is 0 Å². The molecule has 0 aliphatic carbocycles. The molecule has 2 N–H and O–H groups in total. The smallest absolute Gasteiger partial charge is 0.0716 e. The van der Waals surface area contributed by atoms with E-state index in [9.17, 15) is 0 Å². The number of rotatable bonds is 2. The second-order valence-corrected chi connectivity index (χ2v) is 5.16. The summed E-state index contributed by atoms with van der Waals surface area (Å²) in [6, 6.07) is 14.8. The highest BCUT2D eigenvalue weighted by Gasteiger charge is 2.06. The zero-order valence-electron chi connectivity index (χ0n) is 11.4. The van der Waals surface area contributed by atoms with E-state index in [1.807, 2.05) is 12.1 Å². The fourth-order valence-corrected chi connectivity index (χ4v) is 2.58. The molecule has 0 aliphatic heterocycles. The van der Waals surface area contributed by atoms with Crippen LogP contribution in [0.5, 0.6) is 0 Å². The summed E-state index contributed by atoms with van der Waals surface area (Å²) in [4.78, 5) is 0. The number of nitrogens with zero attached hydrogens (tertiary/aromatic N) is 1. The van der Waals surface area contributed by atoms with Gasteiger partial charge >= 0.3 is 0 Å². The van der Waals surface area contributed by atoms with Gasteiger partial charge in [-0.3, -0.25) is 0 Å². The first-order valence-electron chi connectivity index (χ1n) is 6.54. The van der Waals surface area contributed by atoms with Crippen molar-refractivity contribution in [1.29, 1.82) is 0 Å². The van der Waals surface area contributed by atoms with Crippen molar-refractivity contribution < 1.29 is 0 Å². The van der Waals surface area contributed by atoms with Gasteiger partial charge in [0.15, 0.2) is 0 Å². The third-order valence-electron chi connectivity index (χ3n) is 3.67. The van der Waals surface area contributed by atoms with Gasteiger partial charge < -0.3 is 10.3 Å². The lowest BCUT2D eigenvalue weighted by Gasteiger charge is -2.11. The standard InChI is InChI=1S/C17H18N2/c1-12-6-7-13(2)15(10-12)11-19-9-8-14-4-3-5-16(18)17(14)19/h3-10H,11,18H2,1-2H3. The molecule has 0 unspecified atom stereocenters. The third kappa shape index (κ3) is 2.10. The minimum atomic E-state index is 0.841. The van der Waals surface area contributed by atoms with Crippen LogP contribution in [-0.4, -0.2) is 4.57 Å². The number of nitrogens with two attached hydrogens (primary N) is 1. The molecule has 0 radical (unpaired) electrons. The molecule has 0 atom stereocenters. The van der Waals surface area contributed by atoms with Crippen LogP contribution in [-0.2, 0) is 6.54 Å². The molecule has 3 rings (SSSR count). The zero-order valence-corrected chi connectivity index (χ0v) is 11.4. The van der Waals surface area contributed by atoms with Crippen molar-refractivity contribution in [3.8, 4) is 0 Å². The Morgan fingerprint density at radius 3 is 2.74 bits per heavy atom. The highest BCUT2D eigenvalue weighted by atomic mass is 15.0. The maximum Gasteiger partial charge on any atom is 0.0716 e. The number of aryl methyl sites for hydroxylation is 2. The van der Waals surface area contributed by atoms with Gasteiger partial charge in [-0.2, -0.15) is 0 Å². The predicted molar refractivity (Wildman–Crippen MR) is 81.4 cm³/mol. The molecule has 2 nitrogen and oxygen atoms in total. The van der Waals surface area contributed by atoms with Crippen molar-refractivity contribution in [3.05, 3.63) is 65.4 Å². The van der Waals surface area contributed by atoms with Crippen molar-refractivity contribution in [1.82, 2.24) is 4.57 Å². The maximum atomic E-state index is 6.10. The van der Waals surface area contributed by atoms with Gasteiger partial charge in [-0.1, -0.05) is 35.9 Å². The second kappa shape index (κ2) is 4.47. The lowest BCUT2D eigenvalue weighted by atomic mass is 10.1. The quantitative estimate of drug-likeness (QED) is 0.687. The SMILES string of the molecule is Cc1ccc(C)c(Cn2ccc3cccc(N)c32)c1. The van der Waals surface area contributed by atoms with E-state index in [1.165, 1.54) is 22.1 Å². The molecule has 1 heterocycles. The molecule has 0 saturated carbocycles. The molecule has 0 saturated heterocycles. The van der Waals surface area contributed by atoms with Gasteiger partial charge in [0.1, 0.15) is 0 Å². The number of benzene rings is 2. The normalized spacial score (nSPS) is 11.1. The van der Waals surface area contributed by atoms with Crippen LogP contribution in [0, 0.1) is 13.8 Å². The molecule has 96 valence electrons. The maximum absolute atomic E-state index is 6.10. The van der Waals surface area contributed by atoms with E-state index >= 15 is 0 Å². The average Bonchev–Trinajstić information content (AvgIpc) is 2.79. The lowest BCUT2D eigenvalue weighted by molar-refractivity contribution is 0.830. The molecule has 2 aromatic carbocycles. The first-order chi connectivity index (χ1) is 9.15. The Labute approximate surface area is 113 Å². The summed E-state index contributed by atoms with van der Waals surface area (Å²) in [7, 11) is 0. The summed E-state index contributed by atoms with van der Waals surface area (Å²) in [5.74, 6) is 0. The van der Waals surface area contributed by atoms with Gasteiger partial charge in [-0.15, -0.1) is 0 Å². The first kappa shape index (κ1) is 11.8. The predicted octanol–water partition coefficient (Wildman–Crippen LogP) is 3.89. The largest absolute Gasteiger partial charge is 0.397 e. The first-order valence-corrected chi connectivity index (χ1v) is 6.54. The summed E-state index contributed by atoms with van der Waals surface area (Å²) < 4.78 is 2.23. The Balaban J connectivity index is 2.08. The molecule has 0 spiro atoms. The third-order valence-corrected chi connectivity index (χ3v) is 3.67. The summed E-state index contributed by atoms with van der Waals surface area (Å²) in [6.07, 6.45) is 2.11. The Morgan fingerprint density at radius 1 is 1.05 bits per heavy atom. The topological polar surface area (TPSA) is 30.9 Å². The molecule has 0 bridgehead atoms. The van der Waals surface area contributed by atoms with Gasteiger partial charge in [-0.25, -0.2) is 0 Å². The van der Waals surface area contributed by atoms with Crippen LogP contribution < -0.4 is 5.73 Å². The minimum absolute atomic E-state index is 0.841. The molecule has 3 aromatic rings. The zero-order chi connectivity index (χ0) is 13.4. The number of fused-ring (bicyclic) bond motifs is 1. The van der Waals surface area contributed by atoms with E-state index in [4.69, 9.17) is 5.73 Å². The van der Waals surface area contributed by atoms with E-state index in [2.05, 4.69) is 54.9 Å². The summed E-state index contributed by atoms with van der Waals surface area (Å²) in [6.45, 7) is 5.15. The van der Waals surface area contributed by atoms with Crippen molar-refractivity contribution in [2.75, 3.05) is 5.73 Å². The van der Waals surface area contributed by atoms with Crippen molar-refractivity contribution >= 4 is 16.6 Å². The van der Waals surface area contributed by atoms with E-state index in [-0.39, 0.29) is 0 Å². The van der Waals surface area contributed by atoms with Crippen LogP contribution >= 0.6 is 0 Å². The summed E-state index contributed by atoms with van der Waals surface area (Å²) in [5, 5.41) is 1.20. The molecular formula is C17H18N2. The molecule has 0 amide bonds. The van der Waals surface area contributed by atoms with Gasteiger partial charge in [-0.05, 0) is 37.1 Å². The van der Waals surface area contributed by atoms with E-state index in [1.54, 1.807) is 0 Å². The highest BCUT2D eigenvalue weighted by Crippen LogP contribution is 2.23. The second-order valence-electron chi connectivity index (χ2n) is 5.16. The lowest BCUT2D eigenvalue weighted by Crippen LogP contribution is -2.02. The fraction of sp³-hybridized carbons (Fsp3) is 0.176. The van der Waals surface area contributed by atoms with E-state index in [0.29, 0.717) is 0 Å². The Bertz CT molecular complexity index is 738. The number of nitrogen functional groups attached to an aromatic ring is 1.